The first-order valence-electron chi connectivity index (χ1n) is 7.68. The van der Waals surface area contributed by atoms with Gasteiger partial charge in [-0.05, 0) is 42.5 Å². The van der Waals surface area contributed by atoms with E-state index in [2.05, 4.69) is 83.4 Å². The number of nitrogens with zero attached hydrogens (tertiary/aromatic N) is 1. The summed E-state index contributed by atoms with van der Waals surface area (Å²) >= 11 is 2.34. The minimum atomic E-state index is 0.384. The van der Waals surface area contributed by atoms with Gasteiger partial charge in [-0.25, -0.2) is 0 Å². The zero-order chi connectivity index (χ0) is 16.0. The molecule has 2 aromatic carbocycles. The second-order valence-corrected chi connectivity index (χ2v) is 7.14. The first-order valence-corrected chi connectivity index (χ1v) is 8.76. The molecule has 0 fully saturated rings. The maximum absolute atomic E-state index is 6.33. The van der Waals surface area contributed by atoms with Crippen molar-refractivity contribution in [2.75, 3.05) is 5.43 Å². The first-order chi connectivity index (χ1) is 11.1. The second-order valence-electron chi connectivity index (χ2n) is 5.98. The molecule has 2 aliphatic heterocycles. The molecule has 0 unspecified atom stereocenters. The Hall–Kier alpha value is -1.95. The fraction of sp³-hybridized carbons (Fsp3) is 0.158. The fourth-order valence-electron chi connectivity index (χ4n) is 2.79. The van der Waals surface area contributed by atoms with Gasteiger partial charge in [0.15, 0.2) is 5.75 Å². The highest BCUT2D eigenvalue weighted by atomic mass is 127. The monoisotopic (exact) mass is 416 g/mol. The quantitative estimate of drug-likeness (QED) is 0.760. The number of hydrogen-bond donors (Lipinski definition) is 1. The molecule has 116 valence electrons. The third kappa shape index (κ3) is 2.51. The van der Waals surface area contributed by atoms with Gasteiger partial charge in [0, 0.05) is 28.2 Å². The van der Waals surface area contributed by atoms with Crippen LogP contribution >= 0.6 is 22.6 Å². The number of halogens is 1. The highest BCUT2D eigenvalue weighted by Gasteiger charge is 2.22. The Bertz CT molecular complexity index is 916. The number of hydrogen-bond acceptors (Lipinski definition) is 3. The molecule has 0 aromatic heterocycles. The number of rotatable bonds is 2. The Morgan fingerprint density at radius 3 is 2.52 bits per heavy atom. The van der Waals surface area contributed by atoms with Crippen molar-refractivity contribution in [3.05, 3.63) is 62.0 Å². The Morgan fingerprint density at radius 1 is 1.04 bits per heavy atom. The Morgan fingerprint density at radius 2 is 1.78 bits per heavy atom. The van der Waals surface area contributed by atoms with Crippen molar-refractivity contribution < 1.29 is 4.74 Å². The molecule has 0 aliphatic carbocycles. The van der Waals surface area contributed by atoms with Gasteiger partial charge in [-0.3, -0.25) is 10.4 Å². The van der Waals surface area contributed by atoms with Crippen LogP contribution in [0.3, 0.4) is 0 Å². The van der Waals surface area contributed by atoms with Gasteiger partial charge >= 0.3 is 0 Å². The zero-order valence-corrected chi connectivity index (χ0v) is 15.2. The predicted octanol–water partition coefficient (Wildman–Crippen LogP) is 3.45. The first kappa shape index (κ1) is 14.6. The van der Waals surface area contributed by atoms with Gasteiger partial charge in [-0.1, -0.05) is 42.5 Å². The molecule has 0 saturated heterocycles. The number of anilines is 1. The number of benzene rings is 2. The van der Waals surface area contributed by atoms with Gasteiger partial charge in [0.1, 0.15) is 11.4 Å². The maximum Gasteiger partial charge on any atom is 0.160 e. The van der Waals surface area contributed by atoms with Crippen LogP contribution in [-0.2, 0) is 0 Å². The lowest BCUT2D eigenvalue weighted by atomic mass is 10.1. The Balaban J connectivity index is 1.82. The lowest BCUT2D eigenvalue weighted by Crippen LogP contribution is -2.28. The summed E-state index contributed by atoms with van der Waals surface area (Å²) in [4.78, 5) is 0. The molecule has 0 bridgehead atoms. The van der Waals surface area contributed by atoms with Crippen LogP contribution in [0.5, 0.6) is 5.75 Å². The SMILES string of the molecule is CC(C)N1C=c2ccc3c(c2N1)OC(c1ccccc1)=C(I)C=3. The number of fused-ring (bicyclic) bond motifs is 3. The van der Waals surface area contributed by atoms with Gasteiger partial charge in [0.05, 0.1) is 3.58 Å². The van der Waals surface area contributed by atoms with Crippen molar-refractivity contribution in [3.8, 4) is 5.75 Å². The van der Waals surface area contributed by atoms with Crippen LogP contribution in [-0.4, -0.2) is 11.1 Å². The lowest BCUT2D eigenvalue weighted by molar-refractivity contribution is 0.409. The largest absolute Gasteiger partial charge is 0.453 e. The third-order valence-corrected chi connectivity index (χ3v) is 4.84. The van der Waals surface area contributed by atoms with Crippen molar-refractivity contribution >= 4 is 46.3 Å². The molecule has 2 heterocycles. The molecule has 0 saturated carbocycles. The van der Waals surface area contributed by atoms with E-state index in [9.17, 15) is 0 Å². The minimum Gasteiger partial charge on any atom is -0.453 e. The Kier molecular flexibility index (Phi) is 3.56. The van der Waals surface area contributed by atoms with Crippen LogP contribution in [0.1, 0.15) is 19.4 Å². The van der Waals surface area contributed by atoms with E-state index in [-0.39, 0.29) is 0 Å². The molecule has 23 heavy (non-hydrogen) atoms. The van der Waals surface area contributed by atoms with E-state index in [0.29, 0.717) is 6.04 Å². The molecule has 2 aliphatic rings. The number of hydrazine groups is 1. The average Bonchev–Trinajstić information content (AvgIpc) is 3.00. The Labute approximate surface area is 149 Å². The van der Waals surface area contributed by atoms with Gasteiger partial charge in [0.25, 0.3) is 0 Å². The van der Waals surface area contributed by atoms with Crippen LogP contribution in [0.25, 0.3) is 18.0 Å². The van der Waals surface area contributed by atoms with E-state index in [0.717, 1.165) is 36.8 Å². The van der Waals surface area contributed by atoms with E-state index in [1.165, 1.54) is 0 Å². The van der Waals surface area contributed by atoms with Crippen LogP contribution in [0.4, 0.5) is 5.69 Å². The summed E-state index contributed by atoms with van der Waals surface area (Å²) in [5.41, 5.74) is 5.60. The standard InChI is InChI=1S/C19H17IN2O/c1-12(2)22-11-15-9-8-14-10-16(20)18(13-6-4-3-5-7-13)23-19(14)17(15)21-22/h3-12,21H,1-2H3. The maximum atomic E-state index is 6.33. The van der Waals surface area contributed by atoms with E-state index < -0.39 is 0 Å². The highest BCUT2D eigenvalue weighted by molar-refractivity contribution is 14.1. The molecular weight excluding hydrogens is 399 g/mol. The van der Waals surface area contributed by atoms with Gasteiger partial charge < -0.3 is 4.74 Å². The molecule has 1 N–H and O–H groups in total. The summed E-state index contributed by atoms with van der Waals surface area (Å²) in [7, 11) is 0. The van der Waals surface area contributed by atoms with E-state index in [4.69, 9.17) is 4.74 Å². The van der Waals surface area contributed by atoms with Crippen LogP contribution in [0.2, 0.25) is 0 Å². The molecule has 2 aromatic rings. The predicted molar refractivity (Wildman–Crippen MR) is 103 cm³/mol. The number of allylic oxidation sites excluding steroid dienone is 1. The summed E-state index contributed by atoms with van der Waals surface area (Å²) in [5, 5.41) is 4.38. The summed E-state index contributed by atoms with van der Waals surface area (Å²) in [6.07, 6.45) is 4.32. The van der Waals surface area contributed by atoms with Crippen LogP contribution in [0.15, 0.2) is 46.0 Å². The molecule has 0 amide bonds. The van der Waals surface area contributed by atoms with Crippen molar-refractivity contribution in [1.82, 2.24) is 5.01 Å². The van der Waals surface area contributed by atoms with Gasteiger partial charge in [0.2, 0.25) is 0 Å². The van der Waals surface area contributed by atoms with Gasteiger partial charge in [-0.15, -0.1) is 0 Å². The van der Waals surface area contributed by atoms with Gasteiger partial charge in [-0.2, -0.15) is 0 Å². The van der Waals surface area contributed by atoms with Crippen molar-refractivity contribution in [1.29, 1.82) is 0 Å². The van der Waals surface area contributed by atoms with Crippen LogP contribution in [0, 0.1) is 0 Å². The normalized spacial score (nSPS) is 15.4. The minimum absolute atomic E-state index is 0.384. The molecule has 4 heteroatoms. The topological polar surface area (TPSA) is 24.5 Å². The molecule has 4 rings (SSSR count). The average molecular weight is 416 g/mol. The van der Waals surface area contributed by atoms with E-state index >= 15 is 0 Å². The third-order valence-electron chi connectivity index (χ3n) is 4.04. The van der Waals surface area contributed by atoms with Crippen molar-refractivity contribution in [2.45, 2.75) is 19.9 Å². The van der Waals surface area contributed by atoms with E-state index in [1.807, 2.05) is 18.2 Å². The van der Waals surface area contributed by atoms with Crippen LogP contribution < -0.4 is 20.6 Å². The summed E-state index contributed by atoms with van der Waals surface area (Å²) in [6.45, 7) is 4.32. The smallest absolute Gasteiger partial charge is 0.160 e. The van der Waals surface area contributed by atoms with Crippen molar-refractivity contribution in [2.24, 2.45) is 0 Å². The number of nitrogens with one attached hydrogen (secondary N) is 1. The molecule has 0 radical (unpaired) electrons. The van der Waals surface area contributed by atoms with E-state index in [1.54, 1.807) is 0 Å². The fourth-order valence-corrected chi connectivity index (χ4v) is 3.55. The van der Waals surface area contributed by atoms with Crippen molar-refractivity contribution in [3.63, 3.8) is 0 Å². The highest BCUT2D eigenvalue weighted by Crippen LogP contribution is 2.33. The summed E-state index contributed by atoms with van der Waals surface area (Å²) < 4.78 is 7.45. The number of ether oxygens (including phenoxy) is 1. The summed E-state index contributed by atoms with van der Waals surface area (Å²) in [6, 6.07) is 14.9. The molecule has 0 spiro atoms. The zero-order valence-electron chi connectivity index (χ0n) is 13.0. The molecular formula is C19H17IN2O. The molecule has 3 nitrogen and oxygen atoms in total. The second kappa shape index (κ2) is 5.60. The summed E-state index contributed by atoms with van der Waals surface area (Å²) in [5.74, 6) is 1.82. The molecule has 0 atom stereocenters. The lowest BCUT2D eigenvalue weighted by Gasteiger charge is -2.24.